The summed E-state index contributed by atoms with van der Waals surface area (Å²) in [6.07, 6.45) is 3.33. The summed E-state index contributed by atoms with van der Waals surface area (Å²) in [5.41, 5.74) is 1.08. The van der Waals surface area contributed by atoms with E-state index in [1.54, 1.807) is 12.3 Å². The van der Waals surface area contributed by atoms with Gasteiger partial charge < -0.3 is 15.2 Å². The Morgan fingerprint density at radius 2 is 2.00 bits per heavy atom. The van der Waals surface area contributed by atoms with Crippen molar-refractivity contribution in [3.05, 3.63) is 42.1 Å². The quantitative estimate of drug-likeness (QED) is 0.811. The Kier molecular flexibility index (Phi) is 5.32. The minimum absolute atomic E-state index is 0.151. The van der Waals surface area contributed by atoms with Crippen LogP contribution in [0.25, 0.3) is 0 Å². The van der Waals surface area contributed by atoms with E-state index in [-0.39, 0.29) is 6.61 Å². The zero-order valence-corrected chi connectivity index (χ0v) is 11.5. The maximum absolute atomic E-state index is 8.87. The Balaban J connectivity index is 2.01. The van der Waals surface area contributed by atoms with Gasteiger partial charge in [0.2, 0.25) is 11.8 Å². The monoisotopic (exact) mass is 273 g/mol. The van der Waals surface area contributed by atoms with E-state index in [9.17, 15) is 0 Å². The fourth-order valence-corrected chi connectivity index (χ4v) is 1.69. The first-order valence-electron chi connectivity index (χ1n) is 6.76. The summed E-state index contributed by atoms with van der Waals surface area (Å²) in [5.74, 6) is 1.79. The Hall–Kier alpha value is -2.14. The van der Waals surface area contributed by atoms with Gasteiger partial charge in [0, 0.05) is 25.4 Å². The van der Waals surface area contributed by atoms with E-state index in [0.717, 1.165) is 18.5 Å². The van der Waals surface area contributed by atoms with Gasteiger partial charge in [0.25, 0.3) is 0 Å². The molecule has 1 heterocycles. The zero-order valence-electron chi connectivity index (χ0n) is 11.5. The number of rotatable bonds is 7. The van der Waals surface area contributed by atoms with E-state index in [0.29, 0.717) is 24.0 Å². The maximum Gasteiger partial charge on any atom is 0.225 e. The van der Waals surface area contributed by atoms with E-state index >= 15 is 0 Å². The average molecular weight is 273 g/mol. The normalized spacial score (nSPS) is 10.3. The average Bonchev–Trinajstić information content (AvgIpc) is 2.48. The summed E-state index contributed by atoms with van der Waals surface area (Å²) >= 11 is 0. The van der Waals surface area contributed by atoms with Crippen LogP contribution in [0.3, 0.4) is 0 Å². The summed E-state index contributed by atoms with van der Waals surface area (Å²) in [6.45, 7) is 3.07. The molecule has 0 aliphatic rings. The molecule has 0 aliphatic heterocycles. The van der Waals surface area contributed by atoms with Crippen molar-refractivity contribution in [3.8, 4) is 11.6 Å². The van der Waals surface area contributed by atoms with E-state index in [1.807, 2.05) is 24.3 Å². The predicted octanol–water partition coefficient (Wildman–Crippen LogP) is 2.63. The van der Waals surface area contributed by atoms with Crippen LogP contribution in [-0.4, -0.2) is 28.2 Å². The molecule has 0 atom stereocenters. The molecular formula is C15H19N3O2. The number of aliphatic hydroxyl groups is 1. The molecule has 0 radical (unpaired) electrons. The van der Waals surface area contributed by atoms with Crippen molar-refractivity contribution in [2.75, 3.05) is 18.5 Å². The van der Waals surface area contributed by atoms with Gasteiger partial charge in [-0.05, 0) is 30.5 Å². The van der Waals surface area contributed by atoms with Gasteiger partial charge in [0.1, 0.15) is 5.75 Å². The Morgan fingerprint density at radius 3 is 2.70 bits per heavy atom. The predicted molar refractivity (Wildman–Crippen MR) is 78.1 cm³/mol. The Bertz CT molecular complexity index is 529. The molecule has 0 saturated heterocycles. The molecule has 1 aromatic carbocycles. The van der Waals surface area contributed by atoms with Gasteiger partial charge in [-0.15, -0.1) is 0 Å². The smallest absolute Gasteiger partial charge is 0.225 e. The second-order valence-corrected chi connectivity index (χ2v) is 4.36. The number of hydrogen-bond acceptors (Lipinski definition) is 5. The van der Waals surface area contributed by atoms with Crippen molar-refractivity contribution in [1.29, 1.82) is 0 Å². The molecule has 106 valence electrons. The topological polar surface area (TPSA) is 67.3 Å². The molecule has 0 bridgehead atoms. The van der Waals surface area contributed by atoms with Gasteiger partial charge in [-0.3, -0.25) is 0 Å². The number of ether oxygens (including phenoxy) is 1. The molecular weight excluding hydrogens is 254 g/mol. The number of aromatic nitrogens is 2. The number of nitrogens with one attached hydrogen (secondary N) is 1. The second kappa shape index (κ2) is 7.45. The molecule has 0 spiro atoms. The summed E-state index contributed by atoms with van der Waals surface area (Å²) in [6, 6.07) is 9.32. The standard InChI is InChI=1S/C15H19N3O2/c1-2-9-16-15-17-10-7-14(18-15)20-13-5-3-12(4-6-13)8-11-19/h3-7,10,19H,2,8-9,11H2,1H3,(H,16,17,18). The van der Waals surface area contributed by atoms with E-state index in [1.165, 1.54) is 0 Å². The van der Waals surface area contributed by atoms with Gasteiger partial charge in [0.05, 0.1) is 0 Å². The first-order valence-corrected chi connectivity index (χ1v) is 6.76. The summed E-state index contributed by atoms with van der Waals surface area (Å²) in [4.78, 5) is 8.41. The van der Waals surface area contributed by atoms with Crippen LogP contribution in [-0.2, 0) is 6.42 Å². The van der Waals surface area contributed by atoms with Crippen molar-refractivity contribution in [2.24, 2.45) is 0 Å². The largest absolute Gasteiger partial charge is 0.439 e. The summed E-state index contributed by atoms with van der Waals surface area (Å²) in [7, 11) is 0. The van der Waals surface area contributed by atoms with Crippen LogP contribution in [0.5, 0.6) is 11.6 Å². The lowest BCUT2D eigenvalue weighted by Crippen LogP contribution is -2.04. The highest BCUT2D eigenvalue weighted by Crippen LogP contribution is 2.20. The molecule has 0 unspecified atom stereocenters. The van der Waals surface area contributed by atoms with Gasteiger partial charge in [-0.25, -0.2) is 4.98 Å². The Morgan fingerprint density at radius 1 is 1.20 bits per heavy atom. The fourth-order valence-electron chi connectivity index (χ4n) is 1.69. The lowest BCUT2D eigenvalue weighted by Gasteiger charge is -2.07. The number of aliphatic hydroxyl groups excluding tert-OH is 1. The first kappa shape index (κ1) is 14.3. The molecule has 2 aromatic rings. The van der Waals surface area contributed by atoms with Gasteiger partial charge in [0.15, 0.2) is 0 Å². The van der Waals surface area contributed by atoms with Gasteiger partial charge >= 0.3 is 0 Å². The fraction of sp³-hybridized carbons (Fsp3) is 0.333. The molecule has 2 rings (SSSR count). The molecule has 0 amide bonds. The van der Waals surface area contributed by atoms with Crippen LogP contribution >= 0.6 is 0 Å². The molecule has 1 aromatic heterocycles. The third-order valence-corrected chi connectivity index (χ3v) is 2.71. The van der Waals surface area contributed by atoms with Crippen LogP contribution in [0.1, 0.15) is 18.9 Å². The number of anilines is 1. The van der Waals surface area contributed by atoms with Crippen LogP contribution < -0.4 is 10.1 Å². The van der Waals surface area contributed by atoms with Crippen molar-refractivity contribution in [3.63, 3.8) is 0 Å². The maximum atomic E-state index is 8.87. The summed E-state index contributed by atoms with van der Waals surface area (Å²) in [5, 5.41) is 12.0. The third-order valence-electron chi connectivity index (χ3n) is 2.71. The molecule has 0 aliphatic carbocycles. The first-order chi connectivity index (χ1) is 9.81. The number of benzene rings is 1. The highest BCUT2D eigenvalue weighted by atomic mass is 16.5. The summed E-state index contributed by atoms with van der Waals surface area (Å²) < 4.78 is 5.68. The van der Waals surface area contributed by atoms with Gasteiger partial charge in [-0.1, -0.05) is 19.1 Å². The van der Waals surface area contributed by atoms with Crippen LogP contribution in [0, 0.1) is 0 Å². The molecule has 0 saturated carbocycles. The van der Waals surface area contributed by atoms with Crippen molar-refractivity contribution in [2.45, 2.75) is 19.8 Å². The molecule has 2 N–H and O–H groups in total. The Labute approximate surface area is 118 Å². The molecule has 5 nitrogen and oxygen atoms in total. The van der Waals surface area contributed by atoms with Crippen molar-refractivity contribution in [1.82, 2.24) is 9.97 Å². The number of nitrogens with zero attached hydrogens (tertiary/aromatic N) is 2. The van der Waals surface area contributed by atoms with Crippen LogP contribution in [0.15, 0.2) is 36.5 Å². The van der Waals surface area contributed by atoms with Crippen LogP contribution in [0.4, 0.5) is 5.95 Å². The highest BCUT2D eigenvalue weighted by molar-refractivity contribution is 5.33. The van der Waals surface area contributed by atoms with Crippen LogP contribution in [0.2, 0.25) is 0 Å². The zero-order chi connectivity index (χ0) is 14.2. The highest BCUT2D eigenvalue weighted by Gasteiger charge is 2.01. The molecule has 5 heteroatoms. The van der Waals surface area contributed by atoms with Crippen molar-refractivity contribution < 1.29 is 9.84 Å². The molecule has 20 heavy (non-hydrogen) atoms. The minimum atomic E-state index is 0.151. The van der Waals surface area contributed by atoms with E-state index in [2.05, 4.69) is 22.2 Å². The lowest BCUT2D eigenvalue weighted by molar-refractivity contribution is 0.299. The van der Waals surface area contributed by atoms with E-state index < -0.39 is 0 Å². The minimum Gasteiger partial charge on any atom is -0.439 e. The third kappa shape index (κ3) is 4.20. The molecule has 0 fully saturated rings. The lowest BCUT2D eigenvalue weighted by atomic mass is 10.1. The number of hydrogen-bond donors (Lipinski definition) is 2. The SMILES string of the molecule is CCCNc1nccc(Oc2ccc(CCO)cc2)n1. The van der Waals surface area contributed by atoms with Crippen molar-refractivity contribution >= 4 is 5.95 Å². The van der Waals surface area contributed by atoms with Gasteiger partial charge in [-0.2, -0.15) is 4.98 Å². The second-order valence-electron chi connectivity index (χ2n) is 4.36. The van der Waals surface area contributed by atoms with E-state index in [4.69, 9.17) is 9.84 Å².